The van der Waals surface area contributed by atoms with Crippen molar-refractivity contribution in [2.75, 3.05) is 13.7 Å². The number of hydrogen-bond donors (Lipinski definition) is 2. The Morgan fingerprint density at radius 2 is 1.95 bits per heavy atom. The highest BCUT2D eigenvalue weighted by molar-refractivity contribution is 7.12. The molecular weight excluding hydrogens is 302 g/mol. The molecule has 0 aliphatic rings. The van der Waals surface area contributed by atoms with Crippen LogP contribution in [0.1, 0.15) is 31.2 Å². The number of carboxylic acid groups (broad SMARTS) is 1. The fourth-order valence-electron chi connectivity index (χ4n) is 2.02. The van der Waals surface area contributed by atoms with E-state index in [0.29, 0.717) is 24.4 Å². The van der Waals surface area contributed by atoms with E-state index in [2.05, 4.69) is 5.32 Å². The summed E-state index contributed by atoms with van der Waals surface area (Å²) in [6.45, 7) is 0.915. The quantitative estimate of drug-likeness (QED) is 0.822. The van der Waals surface area contributed by atoms with Crippen molar-refractivity contribution in [1.29, 1.82) is 0 Å². The number of rotatable bonds is 7. The normalized spacial score (nSPS) is 10.4. The molecule has 22 heavy (non-hydrogen) atoms. The third-order valence-corrected chi connectivity index (χ3v) is 4.11. The number of carbonyl (C=O) groups is 2. The monoisotopic (exact) mass is 319 g/mol. The van der Waals surface area contributed by atoms with Crippen LogP contribution in [-0.2, 0) is 17.8 Å². The van der Waals surface area contributed by atoms with Gasteiger partial charge >= 0.3 is 5.97 Å². The number of methoxy groups -OCH3 is 1. The number of carbonyl (C=O) groups excluding carboxylic acids is 1. The summed E-state index contributed by atoms with van der Waals surface area (Å²) >= 11 is 1.39. The molecule has 0 fully saturated rings. The van der Waals surface area contributed by atoms with Gasteiger partial charge in [0.1, 0.15) is 0 Å². The molecule has 5 nitrogen and oxygen atoms in total. The summed E-state index contributed by atoms with van der Waals surface area (Å²) < 4.78 is 5.06. The second kappa shape index (κ2) is 7.72. The Labute approximate surface area is 132 Å². The number of amides is 1. The minimum Gasteiger partial charge on any atom is -0.478 e. The number of ether oxygens (including phenoxy) is 1. The van der Waals surface area contributed by atoms with E-state index >= 15 is 0 Å². The van der Waals surface area contributed by atoms with Crippen molar-refractivity contribution in [1.82, 2.24) is 5.32 Å². The molecule has 0 saturated carbocycles. The van der Waals surface area contributed by atoms with Gasteiger partial charge < -0.3 is 15.2 Å². The van der Waals surface area contributed by atoms with Crippen LogP contribution in [0.4, 0.5) is 0 Å². The van der Waals surface area contributed by atoms with E-state index in [0.717, 1.165) is 11.1 Å². The van der Waals surface area contributed by atoms with Crippen LogP contribution in [0.15, 0.2) is 35.7 Å². The molecule has 2 aromatic rings. The summed E-state index contributed by atoms with van der Waals surface area (Å²) in [5.41, 5.74) is 2.12. The average Bonchev–Trinajstić information content (AvgIpc) is 2.96. The van der Waals surface area contributed by atoms with Crippen LogP contribution >= 0.6 is 11.3 Å². The summed E-state index contributed by atoms with van der Waals surface area (Å²) in [5.74, 6) is -1.05. The molecule has 6 heteroatoms. The van der Waals surface area contributed by atoms with Gasteiger partial charge in [-0.25, -0.2) is 4.79 Å². The lowest BCUT2D eigenvalue weighted by Gasteiger charge is -2.06. The van der Waals surface area contributed by atoms with E-state index in [9.17, 15) is 9.59 Å². The largest absolute Gasteiger partial charge is 0.478 e. The molecule has 2 rings (SSSR count). The summed E-state index contributed by atoms with van der Waals surface area (Å²) in [6, 6.07) is 8.53. The van der Waals surface area contributed by atoms with Crippen molar-refractivity contribution >= 4 is 23.2 Å². The minimum atomic E-state index is -0.941. The number of carboxylic acids is 1. The summed E-state index contributed by atoms with van der Waals surface area (Å²) in [5, 5.41) is 13.6. The van der Waals surface area contributed by atoms with Gasteiger partial charge in [0.25, 0.3) is 5.91 Å². The van der Waals surface area contributed by atoms with E-state index < -0.39 is 5.97 Å². The number of aromatic carboxylic acids is 1. The van der Waals surface area contributed by atoms with Crippen molar-refractivity contribution < 1.29 is 19.4 Å². The Morgan fingerprint density at radius 3 is 2.59 bits per heavy atom. The third-order valence-electron chi connectivity index (χ3n) is 3.15. The van der Waals surface area contributed by atoms with Gasteiger partial charge in [-0.3, -0.25) is 4.79 Å². The lowest BCUT2D eigenvalue weighted by Crippen LogP contribution is -2.25. The second-order valence-electron chi connectivity index (χ2n) is 4.72. The van der Waals surface area contributed by atoms with Crippen molar-refractivity contribution in [2.45, 2.75) is 13.0 Å². The Morgan fingerprint density at radius 1 is 1.23 bits per heavy atom. The van der Waals surface area contributed by atoms with Crippen LogP contribution in [0.5, 0.6) is 0 Å². The first-order valence-electron chi connectivity index (χ1n) is 6.77. The predicted molar refractivity (Wildman–Crippen MR) is 84.5 cm³/mol. The molecule has 116 valence electrons. The Hall–Kier alpha value is -2.18. The molecule has 1 amide bonds. The lowest BCUT2D eigenvalue weighted by molar-refractivity contribution is 0.0696. The highest BCUT2D eigenvalue weighted by atomic mass is 32.1. The van der Waals surface area contributed by atoms with Gasteiger partial charge in [-0.1, -0.05) is 12.1 Å². The van der Waals surface area contributed by atoms with Crippen LogP contribution in [0.2, 0.25) is 0 Å². The molecule has 0 saturated heterocycles. The van der Waals surface area contributed by atoms with Crippen LogP contribution in [0.3, 0.4) is 0 Å². The van der Waals surface area contributed by atoms with Crippen LogP contribution < -0.4 is 5.32 Å². The summed E-state index contributed by atoms with van der Waals surface area (Å²) in [7, 11) is 1.60. The van der Waals surface area contributed by atoms with Gasteiger partial charge in [0.05, 0.1) is 17.0 Å². The fourth-order valence-corrected chi connectivity index (χ4v) is 2.84. The van der Waals surface area contributed by atoms with E-state index in [4.69, 9.17) is 9.84 Å². The SMILES string of the molecule is COCc1ccsc1C(=O)NCCc1ccc(C(=O)O)cc1. The zero-order chi connectivity index (χ0) is 15.9. The topological polar surface area (TPSA) is 75.6 Å². The van der Waals surface area contributed by atoms with E-state index in [1.54, 1.807) is 31.4 Å². The lowest BCUT2D eigenvalue weighted by atomic mass is 10.1. The molecule has 2 N–H and O–H groups in total. The zero-order valence-electron chi connectivity index (χ0n) is 12.2. The summed E-state index contributed by atoms with van der Waals surface area (Å²) in [6.07, 6.45) is 0.649. The molecule has 0 spiro atoms. The molecule has 1 heterocycles. The number of thiophene rings is 1. The smallest absolute Gasteiger partial charge is 0.335 e. The Balaban J connectivity index is 1.86. The number of hydrogen-bond acceptors (Lipinski definition) is 4. The van der Waals surface area contributed by atoms with E-state index in [1.165, 1.54) is 11.3 Å². The molecule has 1 aromatic heterocycles. The minimum absolute atomic E-state index is 0.107. The third kappa shape index (κ3) is 4.16. The van der Waals surface area contributed by atoms with Crippen molar-refractivity contribution in [3.8, 4) is 0 Å². The zero-order valence-corrected chi connectivity index (χ0v) is 13.0. The maximum atomic E-state index is 12.1. The van der Waals surface area contributed by atoms with Gasteiger partial charge in [0, 0.05) is 19.2 Å². The molecule has 0 bridgehead atoms. The van der Waals surface area contributed by atoms with Gasteiger partial charge in [0.2, 0.25) is 0 Å². The highest BCUT2D eigenvalue weighted by Crippen LogP contribution is 2.17. The molecule has 0 radical (unpaired) electrons. The van der Waals surface area contributed by atoms with Crippen LogP contribution in [-0.4, -0.2) is 30.6 Å². The standard InChI is InChI=1S/C16H17NO4S/c1-21-10-13-7-9-22-14(13)15(18)17-8-6-11-2-4-12(5-3-11)16(19)20/h2-5,7,9H,6,8,10H2,1H3,(H,17,18)(H,19,20). The highest BCUT2D eigenvalue weighted by Gasteiger charge is 2.12. The van der Waals surface area contributed by atoms with Crippen LogP contribution in [0.25, 0.3) is 0 Å². The molecule has 0 atom stereocenters. The first kappa shape index (κ1) is 16.2. The van der Waals surface area contributed by atoms with Gasteiger partial charge in [-0.15, -0.1) is 11.3 Å². The number of benzene rings is 1. The second-order valence-corrected chi connectivity index (χ2v) is 5.63. The van der Waals surface area contributed by atoms with Gasteiger partial charge in [0.15, 0.2) is 0 Å². The van der Waals surface area contributed by atoms with Crippen LogP contribution in [0, 0.1) is 0 Å². The maximum absolute atomic E-state index is 12.1. The van der Waals surface area contributed by atoms with Gasteiger partial charge in [-0.05, 0) is 35.6 Å². The summed E-state index contributed by atoms with van der Waals surface area (Å²) in [4.78, 5) is 23.5. The van der Waals surface area contributed by atoms with Crippen molar-refractivity contribution in [2.24, 2.45) is 0 Å². The molecule has 0 aliphatic heterocycles. The average molecular weight is 319 g/mol. The first-order valence-corrected chi connectivity index (χ1v) is 7.65. The van der Waals surface area contributed by atoms with Gasteiger partial charge in [-0.2, -0.15) is 0 Å². The molecule has 0 unspecified atom stereocenters. The molecular formula is C16H17NO4S. The maximum Gasteiger partial charge on any atom is 0.335 e. The Kier molecular flexibility index (Phi) is 5.68. The van der Waals surface area contributed by atoms with E-state index in [-0.39, 0.29) is 11.5 Å². The van der Waals surface area contributed by atoms with Crippen molar-refractivity contribution in [3.63, 3.8) is 0 Å². The molecule has 1 aromatic carbocycles. The van der Waals surface area contributed by atoms with Crippen molar-refractivity contribution in [3.05, 3.63) is 57.3 Å². The number of nitrogens with one attached hydrogen (secondary N) is 1. The molecule has 0 aliphatic carbocycles. The first-order chi connectivity index (χ1) is 10.6. The van der Waals surface area contributed by atoms with E-state index in [1.807, 2.05) is 11.4 Å². The fraction of sp³-hybridized carbons (Fsp3) is 0.250. The predicted octanol–water partition coefficient (Wildman–Crippen LogP) is 2.57. The Bertz CT molecular complexity index is 648.